The van der Waals surface area contributed by atoms with Crippen LogP contribution >= 0.6 is 35.1 Å². The number of nitrogens with one attached hydrogen (secondary N) is 1. The third kappa shape index (κ3) is 4.07. The van der Waals surface area contributed by atoms with Gasteiger partial charge in [-0.15, -0.1) is 23.7 Å². The van der Waals surface area contributed by atoms with Gasteiger partial charge < -0.3 is 5.32 Å². The van der Waals surface area contributed by atoms with E-state index in [1.807, 2.05) is 40.6 Å². The Morgan fingerprint density at radius 2 is 2.11 bits per heavy atom. The van der Waals surface area contributed by atoms with Crippen molar-refractivity contribution < 1.29 is 0 Å². The van der Waals surface area contributed by atoms with E-state index in [1.165, 1.54) is 53.2 Å². The van der Waals surface area contributed by atoms with Crippen molar-refractivity contribution in [3.8, 4) is 10.4 Å². The molecule has 2 fully saturated rings. The van der Waals surface area contributed by atoms with Crippen molar-refractivity contribution in [3.63, 3.8) is 0 Å². The van der Waals surface area contributed by atoms with Crippen LogP contribution in [-0.4, -0.2) is 33.8 Å². The van der Waals surface area contributed by atoms with Gasteiger partial charge in [0.25, 0.3) is 0 Å². The highest BCUT2D eigenvalue weighted by molar-refractivity contribution is 7.15. The highest BCUT2D eigenvalue weighted by Crippen LogP contribution is 2.56. The van der Waals surface area contributed by atoms with Gasteiger partial charge in [-0.3, -0.25) is 9.58 Å². The molecule has 0 bridgehead atoms. The zero-order valence-corrected chi connectivity index (χ0v) is 18.6. The highest BCUT2D eigenvalue weighted by Gasteiger charge is 2.56. The summed E-state index contributed by atoms with van der Waals surface area (Å²) >= 11 is 3.72. The molecule has 3 aromatic heterocycles. The van der Waals surface area contributed by atoms with E-state index in [0.29, 0.717) is 5.41 Å². The molecule has 1 unspecified atom stereocenters. The second kappa shape index (κ2) is 8.28. The van der Waals surface area contributed by atoms with Gasteiger partial charge in [0.2, 0.25) is 0 Å². The number of thiophene rings is 2. The molecule has 1 saturated heterocycles. The van der Waals surface area contributed by atoms with Crippen LogP contribution in [0.4, 0.5) is 0 Å². The summed E-state index contributed by atoms with van der Waals surface area (Å²) in [6.07, 6.45) is 8.11. The molecule has 1 spiro atoms. The standard InChI is InChI=1S/C21H26N4S2.ClH/c1-24-13-17(11-23-24)19-3-2-18(27-19)14-25(12-16-4-9-26-15-16)20-10-21(20)5-7-22-8-6-21;/h2-4,9,11,13,15,20,22H,5-8,10,12,14H2,1H3;1H. The molecule has 5 rings (SSSR count). The van der Waals surface area contributed by atoms with Gasteiger partial charge in [-0.05, 0) is 72.3 Å². The molecule has 4 heterocycles. The maximum absolute atomic E-state index is 4.32. The predicted octanol–water partition coefficient (Wildman–Crippen LogP) is 4.78. The van der Waals surface area contributed by atoms with Crippen LogP contribution in [-0.2, 0) is 20.1 Å². The second-order valence-corrected chi connectivity index (χ2v) is 9.99. The SMILES string of the molecule is Cl.Cn1cc(-c2ccc(CN(Cc3ccsc3)C3CC34CCNCC4)s2)cn1. The average molecular weight is 435 g/mol. The van der Waals surface area contributed by atoms with Crippen molar-refractivity contribution in [3.05, 3.63) is 51.8 Å². The maximum Gasteiger partial charge on any atom is 0.0576 e. The maximum atomic E-state index is 4.32. The van der Waals surface area contributed by atoms with Gasteiger partial charge in [-0.25, -0.2) is 0 Å². The molecule has 0 radical (unpaired) electrons. The topological polar surface area (TPSA) is 33.1 Å². The Morgan fingerprint density at radius 1 is 1.25 bits per heavy atom. The van der Waals surface area contributed by atoms with E-state index in [4.69, 9.17) is 0 Å². The molecule has 1 aliphatic heterocycles. The third-order valence-corrected chi connectivity index (χ3v) is 8.01. The summed E-state index contributed by atoms with van der Waals surface area (Å²) < 4.78 is 1.88. The molecule has 7 heteroatoms. The van der Waals surface area contributed by atoms with Crippen LogP contribution < -0.4 is 5.32 Å². The minimum atomic E-state index is 0. The number of hydrogen-bond donors (Lipinski definition) is 1. The third-order valence-electron chi connectivity index (χ3n) is 6.16. The molecular formula is C21H27ClN4S2. The highest BCUT2D eigenvalue weighted by atomic mass is 35.5. The van der Waals surface area contributed by atoms with E-state index in [9.17, 15) is 0 Å². The molecule has 1 N–H and O–H groups in total. The molecule has 1 atom stereocenters. The molecule has 1 saturated carbocycles. The molecule has 0 amide bonds. The summed E-state index contributed by atoms with van der Waals surface area (Å²) in [5.41, 5.74) is 3.25. The Labute approximate surface area is 181 Å². The van der Waals surface area contributed by atoms with E-state index in [1.54, 1.807) is 0 Å². The number of nitrogens with zero attached hydrogens (tertiary/aromatic N) is 3. The number of piperidine rings is 1. The van der Waals surface area contributed by atoms with Crippen LogP contribution in [0.3, 0.4) is 0 Å². The van der Waals surface area contributed by atoms with Crippen LogP contribution in [0.5, 0.6) is 0 Å². The number of hydrogen-bond acceptors (Lipinski definition) is 5. The van der Waals surface area contributed by atoms with E-state index in [-0.39, 0.29) is 12.4 Å². The van der Waals surface area contributed by atoms with Crippen LogP contribution in [0, 0.1) is 5.41 Å². The molecule has 3 aromatic rings. The first-order valence-electron chi connectivity index (χ1n) is 9.75. The predicted molar refractivity (Wildman–Crippen MR) is 120 cm³/mol. The van der Waals surface area contributed by atoms with Crippen LogP contribution in [0.25, 0.3) is 10.4 Å². The summed E-state index contributed by atoms with van der Waals surface area (Å²) in [7, 11) is 1.98. The van der Waals surface area contributed by atoms with E-state index < -0.39 is 0 Å². The smallest absolute Gasteiger partial charge is 0.0576 e. The van der Waals surface area contributed by atoms with Gasteiger partial charge in [-0.1, -0.05) is 0 Å². The average Bonchev–Trinajstić information content (AvgIpc) is 3.17. The lowest BCUT2D eigenvalue weighted by Crippen LogP contribution is -2.35. The largest absolute Gasteiger partial charge is 0.317 e. The van der Waals surface area contributed by atoms with E-state index in [0.717, 1.165) is 19.1 Å². The van der Waals surface area contributed by atoms with Crippen molar-refractivity contribution in [2.75, 3.05) is 13.1 Å². The van der Waals surface area contributed by atoms with E-state index in [2.05, 4.69) is 50.5 Å². The van der Waals surface area contributed by atoms with Crippen molar-refractivity contribution >= 4 is 35.1 Å². The summed E-state index contributed by atoms with van der Waals surface area (Å²) in [5.74, 6) is 0. The number of aryl methyl sites for hydroxylation is 1. The lowest BCUT2D eigenvalue weighted by molar-refractivity contribution is 0.189. The quantitative estimate of drug-likeness (QED) is 0.606. The Morgan fingerprint density at radius 3 is 2.82 bits per heavy atom. The van der Waals surface area contributed by atoms with Crippen molar-refractivity contribution in [2.24, 2.45) is 12.5 Å². The fourth-order valence-electron chi connectivity index (χ4n) is 4.56. The van der Waals surface area contributed by atoms with E-state index >= 15 is 0 Å². The summed E-state index contributed by atoms with van der Waals surface area (Å²) in [4.78, 5) is 5.52. The Bertz CT molecular complexity index is 895. The van der Waals surface area contributed by atoms with Gasteiger partial charge in [0.15, 0.2) is 0 Å². The van der Waals surface area contributed by atoms with Gasteiger partial charge in [0.05, 0.1) is 6.20 Å². The van der Waals surface area contributed by atoms with Crippen LogP contribution in [0.1, 0.15) is 29.7 Å². The number of aromatic nitrogens is 2. The fourth-order valence-corrected chi connectivity index (χ4v) is 6.23. The van der Waals surface area contributed by atoms with Gasteiger partial charge >= 0.3 is 0 Å². The molecule has 4 nitrogen and oxygen atoms in total. The lowest BCUT2D eigenvalue weighted by Gasteiger charge is -2.29. The Balaban J connectivity index is 0.00000192. The number of rotatable bonds is 6. The minimum Gasteiger partial charge on any atom is -0.317 e. The summed E-state index contributed by atoms with van der Waals surface area (Å²) in [5, 5.41) is 12.4. The molecule has 1 aliphatic carbocycles. The first kappa shape index (κ1) is 20.1. The first-order valence-corrected chi connectivity index (χ1v) is 11.5. The number of halogens is 1. The van der Waals surface area contributed by atoms with Crippen LogP contribution in [0.2, 0.25) is 0 Å². The van der Waals surface area contributed by atoms with Gasteiger partial charge in [-0.2, -0.15) is 16.4 Å². The fraction of sp³-hybridized carbons (Fsp3) is 0.476. The zero-order chi connectivity index (χ0) is 18.3. The first-order chi connectivity index (χ1) is 13.2. The molecule has 28 heavy (non-hydrogen) atoms. The molecule has 150 valence electrons. The second-order valence-electron chi connectivity index (χ2n) is 8.04. The van der Waals surface area contributed by atoms with Gasteiger partial charge in [0.1, 0.15) is 0 Å². The monoisotopic (exact) mass is 434 g/mol. The summed E-state index contributed by atoms with van der Waals surface area (Å²) in [6, 6.07) is 7.59. The van der Waals surface area contributed by atoms with Crippen LogP contribution in [0.15, 0.2) is 41.4 Å². The Kier molecular flexibility index (Phi) is 5.95. The van der Waals surface area contributed by atoms with Crippen molar-refractivity contribution in [1.82, 2.24) is 20.0 Å². The lowest BCUT2D eigenvalue weighted by atomic mass is 9.93. The zero-order valence-electron chi connectivity index (χ0n) is 16.1. The summed E-state index contributed by atoms with van der Waals surface area (Å²) in [6.45, 7) is 4.50. The normalized spacial score (nSPS) is 20.4. The van der Waals surface area contributed by atoms with Crippen molar-refractivity contribution in [2.45, 2.75) is 38.4 Å². The molecule has 0 aromatic carbocycles. The molecule has 2 aliphatic rings. The van der Waals surface area contributed by atoms with Crippen molar-refractivity contribution in [1.29, 1.82) is 0 Å². The Hall–Kier alpha value is -1.18. The molecular weight excluding hydrogens is 408 g/mol. The van der Waals surface area contributed by atoms with Gasteiger partial charge in [0, 0.05) is 47.7 Å². The minimum absolute atomic E-state index is 0.